The number of hydrogen-bond acceptors (Lipinski definition) is 5. The van der Waals surface area contributed by atoms with E-state index in [-0.39, 0.29) is 29.3 Å². The molecule has 2 N–H and O–H groups in total. The lowest BCUT2D eigenvalue weighted by Gasteiger charge is -2.56. The van der Waals surface area contributed by atoms with Gasteiger partial charge in [0.15, 0.2) is 0 Å². The third kappa shape index (κ3) is 4.43. The van der Waals surface area contributed by atoms with Gasteiger partial charge in [-0.25, -0.2) is 0 Å². The Balaban J connectivity index is 1.20. The van der Waals surface area contributed by atoms with Crippen LogP contribution in [0.1, 0.15) is 82.3 Å². The summed E-state index contributed by atoms with van der Waals surface area (Å²) in [5, 5.41) is 18.3. The van der Waals surface area contributed by atoms with E-state index in [0.717, 1.165) is 29.3 Å². The predicted molar refractivity (Wildman–Crippen MR) is 154 cm³/mol. The number of carboxylic acid groups (broad SMARTS) is 1. The van der Waals surface area contributed by atoms with Gasteiger partial charge in [0.05, 0.1) is 45.5 Å². The summed E-state index contributed by atoms with van der Waals surface area (Å²) >= 11 is 6.52. The molecule has 2 aliphatic carbocycles. The zero-order valence-electron chi connectivity index (χ0n) is 23.5. The summed E-state index contributed by atoms with van der Waals surface area (Å²) < 4.78 is 14.2. The molecule has 8 nitrogen and oxygen atoms in total. The molecule has 1 saturated heterocycles. The summed E-state index contributed by atoms with van der Waals surface area (Å²) in [6.07, 6.45) is 4.77. The van der Waals surface area contributed by atoms with Crippen LogP contribution in [0.25, 0.3) is 10.9 Å². The minimum absolute atomic E-state index is 0.0456. The zero-order valence-corrected chi connectivity index (χ0v) is 24.3. The fourth-order valence-corrected chi connectivity index (χ4v) is 6.71. The molecule has 2 aromatic carbocycles. The van der Waals surface area contributed by atoms with E-state index in [0.29, 0.717) is 28.9 Å². The Morgan fingerprint density at radius 1 is 1.05 bits per heavy atom. The Labute approximate surface area is 239 Å². The van der Waals surface area contributed by atoms with Crippen molar-refractivity contribution in [1.82, 2.24) is 15.1 Å². The number of nitrogens with one attached hydrogen (secondary N) is 1. The highest BCUT2D eigenvalue weighted by atomic mass is 35.5. The van der Waals surface area contributed by atoms with Crippen molar-refractivity contribution in [3.63, 3.8) is 0 Å². The molecule has 0 bridgehead atoms. The van der Waals surface area contributed by atoms with Crippen LogP contribution < -0.4 is 10.8 Å². The molecule has 1 aliphatic heterocycles. The summed E-state index contributed by atoms with van der Waals surface area (Å²) in [7, 11) is -0.436. The highest BCUT2D eigenvalue weighted by Crippen LogP contribution is 2.58. The van der Waals surface area contributed by atoms with Crippen molar-refractivity contribution in [3.05, 3.63) is 58.7 Å². The molecule has 1 aromatic heterocycles. The molecule has 1 spiro atoms. The number of fused-ring (bicyclic) bond motifs is 1. The average molecular weight is 564 g/mol. The molecule has 6 rings (SSSR count). The lowest BCUT2D eigenvalue weighted by molar-refractivity contribution is -0.155. The number of nitrogens with zero attached hydrogens (tertiary/aromatic N) is 2. The molecule has 1 unspecified atom stereocenters. The monoisotopic (exact) mass is 563 g/mol. The van der Waals surface area contributed by atoms with Crippen molar-refractivity contribution < 1.29 is 24.0 Å². The summed E-state index contributed by atoms with van der Waals surface area (Å²) in [6, 6.07) is 11.5. The van der Waals surface area contributed by atoms with Crippen LogP contribution in [-0.4, -0.2) is 51.1 Å². The van der Waals surface area contributed by atoms with E-state index < -0.39 is 24.3 Å². The molecule has 2 heterocycles. The van der Waals surface area contributed by atoms with Gasteiger partial charge in [-0.3, -0.25) is 14.3 Å². The van der Waals surface area contributed by atoms with E-state index in [4.69, 9.17) is 20.9 Å². The van der Waals surface area contributed by atoms with Crippen molar-refractivity contribution in [3.8, 4) is 0 Å². The van der Waals surface area contributed by atoms with Crippen LogP contribution in [-0.2, 0) is 14.1 Å². The second-order valence-electron chi connectivity index (χ2n) is 12.9. The van der Waals surface area contributed by atoms with E-state index in [1.165, 1.54) is 0 Å². The SMILES string of the molecule is CC(c1ccc(B2OC(C)(C)C(C)(C)O2)cc1)n1ncc2c(Cl)ccc(C(=O)NC3CC4(C3)CC(C(=O)O)C4)c21. The maximum Gasteiger partial charge on any atom is 0.494 e. The molecule has 3 fully saturated rings. The number of carbonyl (C=O) groups excluding carboxylic acids is 1. The number of halogens is 1. The maximum atomic E-state index is 13.5. The van der Waals surface area contributed by atoms with Crippen LogP contribution in [0, 0.1) is 11.3 Å². The Kier molecular flexibility index (Phi) is 6.37. The van der Waals surface area contributed by atoms with Crippen molar-refractivity contribution in [2.75, 3.05) is 0 Å². The van der Waals surface area contributed by atoms with Crippen LogP contribution in [0.15, 0.2) is 42.6 Å². The van der Waals surface area contributed by atoms with Gasteiger partial charge in [0, 0.05) is 11.4 Å². The van der Waals surface area contributed by atoms with Gasteiger partial charge in [0.2, 0.25) is 0 Å². The normalized spacial score (nSPS) is 27.3. The van der Waals surface area contributed by atoms with Gasteiger partial charge in [-0.2, -0.15) is 5.10 Å². The third-order valence-electron chi connectivity index (χ3n) is 9.66. The van der Waals surface area contributed by atoms with Crippen molar-refractivity contribution in [2.45, 2.75) is 83.6 Å². The van der Waals surface area contributed by atoms with E-state index in [9.17, 15) is 14.7 Å². The Morgan fingerprint density at radius 2 is 1.68 bits per heavy atom. The van der Waals surface area contributed by atoms with Crippen LogP contribution in [0.2, 0.25) is 5.02 Å². The van der Waals surface area contributed by atoms with Crippen LogP contribution >= 0.6 is 11.6 Å². The first-order valence-electron chi connectivity index (χ1n) is 13.9. The lowest BCUT2D eigenvalue weighted by atomic mass is 9.50. The number of carboxylic acids is 1. The summed E-state index contributed by atoms with van der Waals surface area (Å²) in [4.78, 5) is 24.6. The van der Waals surface area contributed by atoms with Crippen molar-refractivity contribution >= 4 is 47.0 Å². The molecule has 1 atom stereocenters. The Morgan fingerprint density at radius 3 is 2.27 bits per heavy atom. The molecule has 1 amide bonds. The fourth-order valence-electron chi connectivity index (χ4n) is 6.50. The lowest BCUT2D eigenvalue weighted by Crippen LogP contribution is -2.57. The van der Waals surface area contributed by atoms with Gasteiger partial charge in [-0.15, -0.1) is 0 Å². The number of benzene rings is 2. The second kappa shape index (κ2) is 9.33. The summed E-state index contributed by atoms with van der Waals surface area (Å²) in [5.74, 6) is -1.12. The highest BCUT2D eigenvalue weighted by Gasteiger charge is 2.55. The molecule has 210 valence electrons. The smallest absolute Gasteiger partial charge is 0.481 e. The molecule has 0 radical (unpaired) electrons. The topological polar surface area (TPSA) is 103 Å². The second-order valence-corrected chi connectivity index (χ2v) is 13.3. The quantitative estimate of drug-likeness (QED) is 0.411. The minimum Gasteiger partial charge on any atom is -0.481 e. The molecule has 40 heavy (non-hydrogen) atoms. The first-order valence-corrected chi connectivity index (χ1v) is 14.3. The van der Waals surface area contributed by atoms with Gasteiger partial charge in [-0.05, 0) is 88.9 Å². The van der Waals surface area contributed by atoms with E-state index in [2.05, 4.69) is 10.4 Å². The number of hydrogen-bond donors (Lipinski definition) is 2. The van der Waals surface area contributed by atoms with Gasteiger partial charge in [-0.1, -0.05) is 35.9 Å². The molecule has 3 aliphatic rings. The zero-order chi connectivity index (χ0) is 28.6. The largest absolute Gasteiger partial charge is 0.494 e. The number of aromatic nitrogens is 2. The van der Waals surface area contributed by atoms with Crippen LogP contribution in [0.3, 0.4) is 0 Å². The number of carbonyl (C=O) groups is 2. The minimum atomic E-state index is -0.716. The van der Waals surface area contributed by atoms with Gasteiger partial charge >= 0.3 is 13.1 Å². The van der Waals surface area contributed by atoms with E-state index >= 15 is 0 Å². The summed E-state index contributed by atoms with van der Waals surface area (Å²) in [5.41, 5.74) is 2.45. The molecular weight excluding hydrogens is 529 g/mol. The van der Waals surface area contributed by atoms with Crippen molar-refractivity contribution in [2.24, 2.45) is 11.3 Å². The Hall–Kier alpha value is -2.88. The summed E-state index contributed by atoms with van der Waals surface area (Å²) in [6.45, 7) is 10.2. The van der Waals surface area contributed by atoms with Gasteiger partial charge < -0.3 is 19.7 Å². The molecule has 2 saturated carbocycles. The van der Waals surface area contributed by atoms with E-state index in [1.54, 1.807) is 18.3 Å². The first-order chi connectivity index (χ1) is 18.8. The fraction of sp³-hybridized carbons (Fsp3) is 0.500. The van der Waals surface area contributed by atoms with Gasteiger partial charge in [0.25, 0.3) is 5.91 Å². The van der Waals surface area contributed by atoms with Crippen molar-refractivity contribution in [1.29, 1.82) is 0 Å². The number of amides is 1. The average Bonchev–Trinajstić information content (AvgIpc) is 3.38. The standard InChI is InChI=1S/C30H35BClN3O5/c1-17(18-6-8-20(9-7-18)31-39-28(2,3)29(4,5)40-31)35-25-22(10-11-24(32)23(25)16-33-35)26(36)34-21-14-30(15-21)12-19(13-30)27(37)38/h6-11,16-17,19,21H,12-15H2,1-5H3,(H,34,36)(H,37,38). The predicted octanol–water partition coefficient (Wildman–Crippen LogP) is 4.97. The van der Waals surface area contributed by atoms with Crippen LogP contribution in [0.4, 0.5) is 0 Å². The molecular formula is C30H35BClN3O5. The number of aliphatic carboxylic acids is 1. The highest BCUT2D eigenvalue weighted by molar-refractivity contribution is 6.62. The molecule has 3 aromatic rings. The van der Waals surface area contributed by atoms with E-state index in [1.807, 2.05) is 63.6 Å². The first kappa shape index (κ1) is 27.3. The van der Waals surface area contributed by atoms with Gasteiger partial charge in [0.1, 0.15) is 0 Å². The molecule has 10 heteroatoms. The van der Waals surface area contributed by atoms with Crippen LogP contribution in [0.5, 0.6) is 0 Å². The maximum absolute atomic E-state index is 13.5. The number of rotatable bonds is 6. The Bertz CT molecular complexity index is 1470. The third-order valence-corrected chi connectivity index (χ3v) is 9.99.